The van der Waals surface area contributed by atoms with Crippen molar-refractivity contribution in [2.75, 3.05) is 5.32 Å². The Morgan fingerprint density at radius 3 is 2.29 bits per heavy atom. The van der Waals surface area contributed by atoms with Gasteiger partial charge < -0.3 is 10.6 Å². The van der Waals surface area contributed by atoms with Crippen molar-refractivity contribution < 1.29 is 4.79 Å². The topological polar surface area (TPSA) is 106 Å². The molecular weight excluding hydrogens is 354 g/mol. The van der Waals surface area contributed by atoms with Gasteiger partial charge >= 0.3 is 0 Å². The fraction of sp³-hybridized carbons (Fsp3) is 0.300. The Hall–Kier alpha value is -3.42. The van der Waals surface area contributed by atoms with E-state index in [-0.39, 0.29) is 18.0 Å². The van der Waals surface area contributed by atoms with Crippen LogP contribution in [0.1, 0.15) is 48.4 Å². The van der Waals surface area contributed by atoms with Crippen LogP contribution in [0, 0.1) is 6.92 Å². The Morgan fingerprint density at radius 2 is 1.68 bits per heavy atom. The molecular formula is C20H23N7O. The van der Waals surface area contributed by atoms with Crippen LogP contribution in [0.4, 0.5) is 5.95 Å². The molecule has 0 spiro atoms. The van der Waals surface area contributed by atoms with E-state index in [2.05, 4.69) is 35.6 Å². The average Bonchev–Trinajstić information content (AvgIpc) is 2.68. The summed E-state index contributed by atoms with van der Waals surface area (Å²) >= 11 is 0. The summed E-state index contributed by atoms with van der Waals surface area (Å²) in [6.07, 6.45) is 8.17. The average molecular weight is 377 g/mol. The molecule has 144 valence electrons. The Labute approximate surface area is 163 Å². The third-order valence-corrected chi connectivity index (χ3v) is 4.10. The van der Waals surface area contributed by atoms with E-state index in [4.69, 9.17) is 0 Å². The van der Waals surface area contributed by atoms with E-state index in [1.165, 1.54) is 12.4 Å². The van der Waals surface area contributed by atoms with Gasteiger partial charge in [-0.2, -0.15) is 0 Å². The standard InChI is InChI=1S/C20H23N7O/c1-12(2)25-20-23-9-16(10-24-20)19(28)27-14(4)17-11-22-18(26-13(17)3)15-5-7-21-8-6-15/h5-12,14H,1-4H3,(H,27,28)(H,23,24,25)/t14-/m0/s1. The van der Waals surface area contributed by atoms with Crippen molar-refractivity contribution in [1.29, 1.82) is 0 Å². The number of carbonyl (C=O) groups is 1. The number of anilines is 1. The first-order valence-corrected chi connectivity index (χ1v) is 9.07. The van der Waals surface area contributed by atoms with Gasteiger partial charge in [0.05, 0.1) is 11.6 Å². The molecule has 1 atom stereocenters. The third kappa shape index (κ3) is 4.64. The first-order chi connectivity index (χ1) is 13.4. The fourth-order valence-electron chi connectivity index (χ4n) is 2.68. The van der Waals surface area contributed by atoms with E-state index in [9.17, 15) is 4.79 Å². The first kappa shape index (κ1) is 19.3. The summed E-state index contributed by atoms with van der Waals surface area (Å²) in [6.45, 7) is 7.79. The van der Waals surface area contributed by atoms with Crippen molar-refractivity contribution >= 4 is 11.9 Å². The van der Waals surface area contributed by atoms with Gasteiger partial charge in [-0.05, 0) is 39.8 Å². The van der Waals surface area contributed by atoms with E-state index in [1.807, 2.05) is 39.8 Å². The van der Waals surface area contributed by atoms with E-state index in [1.54, 1.807) is 18.6 Å². The molecule has 8 nitrogen and oxygen atoms in total. The number of aryl methyl sites for hydroxylation is 1. The van der Waals surface area contributed by atoms with Gasteiger partial charge in [-0.25, -0.2) is 19.9 Å². The van der Waals surface area contributed by atoms with Crippen molar-refractivity contribution in [3.8, 4) is 11.4 Å². The van der Waals surface area contributed by atoms with Crippen molar-refractivity contribution in [3.63, 3.8) is 0 Å². The quantitative estimate of drug-likeness (QED) is 0.680. The number of amides is 1. The molecule has 3 aromatic rings. The highest BCUT2D eigenvalue weighted by atomic mass is 16.1. The zero-order valence-corrected chi connectivity index (χ0v) is 16.3. The molecule has 3 aromatic heterocycles. The second-order valence-corrected chi connectivity index (χ2v) is 6.76. The van der Waals surface area contributed by atoms with Gasteiger partial charge in [0.15, 0.2) is 5.82 Å². The highest BCUT2D eigenvalue weighted by molar-refractivity contribution is 5.93. The molecule has 3 heterocycles. The van der Waals surface area contributed by atoms with Crippen LogP contribution in [0.25, 0.3) is 11.4 Å². The molecule has 0 saturated heterocycles. The lowest BCUT2D eigenvalue weighted by atomic mass is 10.1. The SMILES string of the molecule is Cc1nc(-c2ccncc2)ncc1[C@H](C)NC(=O)c1cnc(NC(C)C)nc1. The molecule has 2 N–H and O–H groups in total. The summed E-state index contributed by atoms with van der Waals surface area (Å²) in [5.41, 5.74) is 2.95. The number of hydrogen-bond acceptors (Lipinski definition) is 7. The molecule has 0 radical (unpaired) electrons. The zero-order valence-electron chi connectivity index (χ0n) is 16.3. The van der Waals surface area contributed by atoms with Gasteiger partial charge in [-0.1, -0.05) is 0 Å². The molecule has 0 bridgehead atoms. The van der Waals surface area contributed by atoms with E-state index < -0.39 is 0 Å². The number of carbonyl (C=O) groups excluding carboxylic acids is 1. The summed E-state index contributed by atoms with van der Waals surface area (Å²) in [6, 6.07) is 3.68. The number of rotatable bonds is 6. The summed E-state index contributed by atoms with van der Waals surface area (Å²) < 4.78 is 0. The second kappa shape index (κ2) is 8.51. The number of nitrogens with one attached hydrogen (secondary N) is 2. The van der Waals surface area contributed by atoms with Crippen LogP contribution in [-0.2, 0) is 0 Å². The van der Waals surface area contributed by atoms with Crippen molar-refractivity contribution in [1.82, 2.24) is 30.2 Å². The minimum Gasteiger partial charge on any atom is -0.352 e. The van der Waals surface area contributed by atoms with Crippen molar-refractivity contribution in [2.45, 2.75) is 39.8 Å². The number of nitrogens with zero attached hydrogens (tertiary/aromatic N) is 5. The van der Waals surface area contributed by atoms with Crippen molar-refractivity contribution in [2.24, 2.45) is 0 Å². The monoisotopic (exact) mass is 377 g/mol. The largest absolute Gasteiger partial charge is 0.352 e. The second-order valence-electron chi connectivity index (χ2n) is 6.76. The lowest BCUT2D eigenvalue weighted by Gasteiger charge is -2.16. The molecule has 0 aliphatic rings. The maximum atomic E-state index is 12.5. The van der Waals surface area contributed by atoms with Crippen molar-refractivity contribution in [3.05, 3.63) is 59.9 Å². The molecule has 3 rings (SSSR count). The number of pyridine rings is 1. The Kier molecular flexibility index (Phi) is 5.88. The first-order valence-electron chi connectivity index (χ1n) is 9.07. The van der Waals surface area contributed by atoms with Gasteiger partial charge in [-0.15, -0.1) is 0 Å². The van der Waals surface area contributed by atoms with Gasteiger partial charge in [0, 0.05) is 53.8 Å². The van der Waals surface area contributed by atoms with Crippen LogP contribution in [-0.4, -0.2) is 36.9 Å². The summed E-state index contributed by atoms with van der Waals surface area (Å²) in [5, 5.41) is 6.03. The zero-order chi connectivity index (χ0) is 20.1. The molecule has 0 aliphatic heterocycles. The summed E-state index contributed by atoms with van der Waals surface area (Å²) in [4.78, 5) is 33.8. The highest BCUT2D eigenvalue weighted by Crippen LogP contribution is 2.19. The number of aromatic nitrogens is 5. The maximum Gasteiger partial charge on any atom is 0.254 e. The van der Waals surface area contributed by atoms with E-state index >= 15 is 0 Å². The molecule has 8 heteroatoms. The molecule has 28 heavy (non-hydrogen) atoms. The number of hydrogen-bond donors (Lipinski definition) is 2. The van der Waals surface area contributed by atoms with E-state index in [0.717, 1.165) is 16.8 Å². The Balaban J connectivity index is 1.70. The molecule has 0 aliphatic carbocycles. The van der Waals surface area contributed by atoms with Crippen LogP contribution in [0.15, 0.2) is 43.1 Å². The minimum atomic E-state index is -0.257. The molecule has 0 aromatic carbocycles. The van der Waals surface area contributed by atoms with Crippen LogP contribution in [0.2, 0.25) is 0 Å². The van der Waals surface area contributed by atoms with Crippen LogP contribution < -0.4 is 10.6 Å². The molecule has 0 unspecified atom stereocenters. The molecule has 0 fully saturated rings. The molecule has 1 amide bonds. The van der Waals surface area contributed by atoms with Crippen LogP contribution in [0.5, 0.6) is 0 Å². The summed E-state index contributed by atoms with van der Waals surface area (Å²) in [7, 11) is 0. The summed E-state index contributed by atoms with van der Waals surface area (Å²) in [5.74, 6) is 0.876. The lowest BCUT2D eigenvalue weighted by Crippen LogP contribution is -2.28. The predicted octanol–water partition coefficient (Wildman–Crippen LogP) is 2.95. The predicted molar refractivity (Wildman–Crippen MR) is 107 cm³/mol. The van der Waals surface area contributed by atoms with Gasteiger partial charge in [-0.3, -0.25) is 9.78 Å². The highest BCUT2D eigenvalue weighted by Gasteiger charge is 2.16. The smallest absolute Gasteiger partial charge is 0.254 e. The lowest BCUT2D eigenvalue weighted by molar-refractivity contribution is 0.0939. The van der Waals surface area contributed by atoms with Crippen LogP contribution >= 0.6 is 0 Å². The van der Waals surface area contributed by atoms with Gasteiger partial charge in [0.1, 0.15) is 0 Å². The Morgan fingerprint density at radius 1 is 1.00 bits per heavy atom. The van der Waals surface area contributed by atoms with Crippen LogP contribution in [0.3, 0.4) is 0 Å². The normalized spacial score (nSPS) is 11.9. The molecule has 0 saturated carbocycles. The van der Waals surface area contributed by atoms with Gasteiger partial charge in [0.25, 0.3) is 5.91 Å². The fourth-order valence-corrected chi connectivity index (χ4v) is 2.68. The van der Waals surface area contributed by atoms with E-state index in [0.29, 0.717) is 17.3 Å². The van der Waals surface area contributed by atoms with Gasteiger partial charge in [0.2, 0.25) is 5.95 Å². The minimum absolute atomic E-state index is 0.220. The maximum absolute atomic E-state index is 12.5. The third-order valence-electron chi connectivity index (χ3n) is 4.10. The Bertz CT molecular complexity index is 943.